The second-order valence-electron chi connectivity index (χ2n) is 7.93. The van der Waals surface area contributed by atoms with E-state index in [4.69, 9.17) is 4.98 Å². The molecule has 31 heavy (non-hydrogen) atoms. The quantitative estimate of drug-likeness (QED) is 0.491. The van der Waals surface area contributed by atoms with Gasteiger partial charge in [-0.25, -0.2) is 4.98 Å². The average molecular weight is 426 g/mol. The second kappa shape index (κ2) is 12.1. The van der Waals surface area contributed by atoms with Crippen LogP contribution in [-0.2, 0) is 5.41 Å². The molecule has 0 aliphatic carbocycles. The average Bonchev–Trinajstić information content (AvgIpc) is 3.18. The van der Waals surface area contributed by atoms with Crippen LogP contribution in [-0.4, -0.2) is 17.2 Å². The van der Waals surface area contributed by atoms with E-state index in [0.29, 0.717) is 18.1 Å². The molecule has 1 aromatic carbocycles. The van der Waals surface area contributed by atoms with Gasteiger partial charge in [-0.05, 0) is 50.5 Å². The summed E-state index contributed by atoms with van der Waals surface area (Å²) in [5.41, 5.74) is 4.27. The van der Waals surface area contributed by atoms with E-state index < -0.39 is 0 Å². The van der Waals surface area contributed by atoms with E-state index in [1.54, 1.807) is 0 Å². The van der Waals surface area contributed by atoms with E-state index in [0.717, 1.165) is 18.7 Å². The second-order valence-corrected chi connectivity index (χ2v) is 7.93. The van der Waals surface area contributed by atoms with Crippen molar-refractivity contribution < 1.29 is 0 Å². The number of benzene rings is 1. The van der Waals surface area contributed by atoms with Crippen molar-refractivity contribution in [3.05, 3.63) is 48.2 Å². The lowest BCUT2D eigenvalue weighted by molar-refractivity contribution is 0.211. The summed E-state index contributed by atoms with van der Waals surface area (Å²) in [7, 11) is 0. The Morgan fingerprint density at radius 3 is 2.03 bits per heavy atom. The first-order valence-electron chi connectivity index (χ1n) is 12.7. The number of anilines is 3. The molecule has 3 heteroatoms. The molecular weight excluding hydrogens is 378 g/mol. The molecule has 0 amide bonds. The van der Waals surface area contributed by atoms with Gasteiger partial charge < -0.3 is 9.80 Å². The van der Waals surface area contributed by atoms with Crippen molar-refractivity contribution >= 4 is 17.2 Å². The Kier molecular flexibility index (Phi) is 10.6. The highest BCUT2D eigenvalue weighted by atomic mass is 15.5. The van der Waals surface area contributed by atoms with Crippen molar-refractivity contribution in [1.29, 1.82) is 0 Å². The van der Waals surface area contributed by atoms with Crippen molar-refractivity contribution in [2.75, 3.05) is 9.80 Å². The van der Waals surface area contributed by atoms with E-state index in [1.165, 1.54) is 16.9 Å². The predicted octanol–water partition coefficient (Wildman–Crippen LogP) is 8.56. The van der Waals surface area contributed by atoms with Crippen molar-refractivity contribution in [3.63, 3.8) is 0 Å². The Labute approximate surface area is 192 Å². The first-order chi connectivity index (χ1) is 15.0. The summed E-state index contributed by atoms with van der Waals surface area (Å²) in [6.45, 7) is 23.8. The summed E-state index contributed by atoms with van der Waals surface area (Å²) < 4.78 is 0. The molecule has 174 valence electrons. The first-order valence-corrected chi connectivity index (χ1v) is 12.7. The largest absolute Gasteiger partial charge is 0.345 e. The molecule has 3 heterocycles. The lowest BCUT2D eigenvalue weighted by Gasteiger charge is -2.52. The van der Waals surface area contributed by atoms with Gasteiger partial charge in [-0.15, -0.1) is 0 Å². The molecule has 3 nitrogen and oxygen atoms in total. The van der Waals surface area contributed by atoms with Crippen molar-refractivity contribution in [3.8, 4) is 0 Å². The number of pyridine rings is 1. The molecule has 0 radical (unpaired) electrons. The summed E-state index contributed by atoms with van der Waals surface area (Å²) in [5, 5.41) is 0. The predicted molar refractivity (Wildman–Crippen MR) is 140 cm³/mol. The SMILES string of the molecule is CC.CC.CC.CCC1C2N(c3ccccc3C1(C)CC)c1ncccc1N2C(C)C. The fraction of sp³-hybridized carbons (Fsp3) is 0.607. The molecule has 0 saturated heterocycles. The Balaban J connectivity index is 0.000000739. The summed E-state index contributed by atoms with van der Waals surface area (Å²) in [6.07, 6.45) is 4.59. The fourth-order valence-electron chi connectivity index (χ4n) is 5.19. The van der Waals surface area contributed by atoms with E-state index in [9.17, 15) is 0 Å². The number of fused-ring (bicyclic) bond motifs is 5. The van der Waals surface area contributed by atoms with Crippen LogP contribution in [0.2, 0.25) is 0 Å². The van der Waals surface area contributed by atoms with Crippen molar-refractivity contribution in [1.82, 2.24) is 4.98 Å². The Morgan fingerprint density at radius 2 is 1.48 bits per heavy atom. The molecular formula is C28H47N3. The molecule has 1 aromatic heterocycles. The Morgan fingerprint density at radius 1 is 0.903 bits per heavy atom. The minimum Gasteiger partial charge on any atom is -0.345 e. The molecule has 3 unspecified atom stereocenters. The smallest absolute Gasteiger partial charge is 0.158 e. The lowest BCUT2D eigenvalue weighted by atomic mass is 9.64. The van der Waals surface area contributed by atoms with Crippen LogP contribution in [0.25, 0.3) is 0 Å². The monoisotopic (exact) mass is 425 g/mol. The third-order valence-electron chi connectivity index (χ3n) is 6.51. The van der Waals surface area contributed by atoms with E-state index in [-0.39, 0.29) is 5.41 Å². The number of rotatable bonds is 3. The van der Waals surface area contributed by atoms with Crippen LogP contribution >= 0.6 is 0 Å². The number of hydrogen-bond acceptors (Lipinski definition) is 3. The van der Waals surface area contributed by atoms with E-state index in [1.807, 2.05) is 47.7 Å². The number of para-hydroxylation sites is 1. The van der Waals surface area contributed by atoms with Crippen LogP contribution in [0.15, 0.2) is 42.6 Å². The fourth-order valence-corrected chi connectivity index (χ4v) is 5.19. The molecule has 0 fully saturated rings. The topological polar surface area (TPSA) is 19.4 Å². The highest BCUT2D eigenvalue weighted by Gasteiger charge is 2.53. The highest BCUT2D eigenvalue weighted by molar-refractivity contribution is 5.84. The third kappa shape index (κ3) is 4.47. The minimum absolute atomic E-state index is 0.182. The number of aromatic nitrogens is 1. The highest BCUT2D eigenvalue weighted by Crippen LogP contribution is 2.57. The van der Waals surface area contributed by atoms with Crippen molar-refractivity contribution in [2.45, 2.75) is 107 Å². The lowest BCUT2D eigenvalue weighted by Crippen LogP contribution is -2.58. The van der Waals surface area contributed by atoms with E-state index >= 15 is 0 Å². The van der Waals surface area contributed by atoms with E-state index in [2.05, 4.69) is 80.8 Å². The molecule has 2 aliphatic rings. The maximum absolute atomic E-state index is 4.80. The molecule has 4 rings (SSSR count). The van der Waals surface area contributed by atoms with Gasteiger partial charge in [-0.2, -0.15) is 0 Å². The Bertz CT molecular complexity index is 785. The molecule has 0 bridgehead atoms. The molecule has 0 spiro atoms. The van der Waals surface area contributed by atoms with Crippen LogP contribution in [0.5, 0.6) is 0 Å². The zero-order valence-corrected chi connectivity index (χ0v) is 22.0. The van der Waals surface area contributed by atoms with Gasteiger partial charge in [0, 0.05) is 29.3 Å². The van der Waals surface area contributed by atoms with Crippen LogP contribution in [0.4, 0.5) is 17.2 Å². The standard InChI is InChI=1S/C22H29N3.3C2H6/c1-6-16-21-24(15(3)4)19-13-10-14-23-20(19)25(21)18-12-9-8-11-17(18)22(16,5)7-2;3*1-2/h8-16,21H,6-7H2,1-5H3;3*1-2H3. The molecule has 2 aliphatic heterocycles. The van der Waals surface area contributed by atoms with Gasteiger partial charge in [0.1, 0.15) is 6.17 Å². The maximum atomic E-state index is 4.80. The Hall–Kier alpha value is -2.03. The molecule has 0 N–H and O–H groups in total. The van der Waals surface area contributed by atoms with Gasteiger partial charge in [-0.1, -0.05) is 80.5 Å². The summed E-state index contributed by atoms with van der Waals surface area (Å²) >= 11 is 0. The van der Waals surface area contributed by atoms with Crippen LogP contribution in [0.3, 0.4) is 0 Å². The van der Waals surface area contributed by atoms with Gasteiger partial charge in [0.05, 0.1) is 5.69 Å². The van der Waals surface area contributed by atoms with Gasteiger partial charge in [-0.3, -0.25) is 0 Å². The van der Waals surface area contributed by atoms with Crippen molar-refractivity contribution in [2.24, 2.45) is 5.92 Å². The zero-order chi connectivity index (χ0) is 23.8. The van der Waals surface area contributed by atoms with Gasteiger partial charge >= 0.3 is 0 Å². The van der Waals surface area contributed by atoms with Gasteiger partial charge in [0.2, 0.25) is 0 Å². The zero-order valence-electron chi connectivity index (χ0n) is 22.0. The van der Waals surface area contributed by atoms with Gasteiger partial charge in [0.25, 0.3) is 0 Å². The normalized spacial score (nSPS) is 22.6. The van der Waals surface area contributed by atoms with Crippen LogP contribution in [0.1, 0.15) is 94.6 Å². The third-order valence-corrected chi connectivity index (χ3v) is 6.51. The van der Waals surface area contributed by atoms with Crippen LogP contribution in [0, 0.1) is 5.92 Å². The molecule has 3 atom stereocenters. The summed E-state index contributed by atoms with van der Waals surface area (Å²) in [4.78, 5) is 9.91. The summed E-state index contributed by atoms with van der Waals surface area (Å²) in [5.74, 6) is 1.68. The van der Waals surface area contributed by atoms with Gasteiger partial charge in [0.15, 0.2) is 5.82 Å². The number of nitrogens with zero attached hydrogens (tertiary/aromatic N) is 3. The first kappa shape index (κ1) is 27.0. The minimum atomic E-state index is 0.182. The molecule has 0 saturated carbocycles. The molecule has 2 aromatic rings. The van der Waals surface area contributed by atoms with Crippen LogP contribution < -0.4 is 9.80 Å². The number of hydrogen-bond donors (Lipinski definition) is 0. The maximum Gasteiger partial charge on any atom is 0.158 e. The summed E-state index contributed by atoms with van der Waals surface area (Å²) in [6, 6.07) is 13.7.